The Kier molecular flexibility index (Phi) is 2.10. The van der Waals surface area contributed by atoms with Gasteiger partial charge in [-0.05, 0) is 5.56 Å². The van der Waals surface area contributed by atoms with Crippen molar-refractivity contribution < 1.29 is 13.6 Å². The predicted molar refractivity (Wildman–Crippen MR) is 50.5 cm³/mol. The van der Waals surface area contributed by atoms with Gasteiger partial charge in [-0.3, -0.25) is 4.99 Å². The highest BCUT2D eigenvalue weighted by atomic mass is 32.2. The van der Waals surface area contributed by atoms with Gasteiger partial charge >= 0.3 is 0 Å². The van der Waals surface area contributed by atoms with E-state index in [0.29, 0.717) is 12.1 Å². The van der Waals surface area contributed by atoms with Crippen LogP contribution in [0, 0.1) is 0 Å². The molecule has 6 heteroatoms. The Labute approximate surface area is 81.1 Å². The summed E-state index contributed by atoms with van der Waals surface area (Å²) in [6.45, 7) is 0.340. The third-order valence-electron chi connectivity index (χ3n) is 2.02. The molecular formula is C8H8N2O3S. The van der Waals surface area contributed by atoms with E-state index in [1.54, 1.807) is 18.2 Å². The van der Waals surface area contributed by atoms with Gasteiger partial charge in [-0.2, -0.15) is 0 Å². The molecule has 0 unspecified atom stereocenters. The van der Waals surface area contributed by atoms with Crippen molar-refractivity contribution in [3.05, 3.63) is 35.4 Å². The van der Waals surface area contributed by atoms with Crippen LogP contribution in [-0.4, -0.2) is 18.7 Å². The topological polar surface area (TPSA) is 78.8 Å². The Hall–Kier alpha value is -1.24. The van der Waals surface area contributed by atoms with Crippen molar-refractivity contribution in [1.82, 2.24) is 4.89 Å². The fourth-order valence-electron chi connectivity index (χ4n) is 1.38. The van der Waals surface area contributed by atoms with E-state index in [0.717, 1.165) is 5.56 Å². The minimum Gasteiger partial charge on any atom is -0.302 e. The highest BCUT2D eigenvalue weighted by Crippen LogP contribution is 2.20. The van der Waals surface area contributed by atoms with Crippen molar-refractivity contribution in [2.75, 3.05) is 0 Å². The summed E-state index contributed by atoms with van der Waals surface area (Å²) < 4.78 is 22.5. The second kappa shape index (κ2) is 3.16. The first kappa shape index (κ1) is 9.32. The van der Waals surface area contributed by atoms with E-state index in [-0.39, 0.29) is 5.04 Å². The largest absolute Gasteiger partial charge is 0.302 e. The highest BCUT2D eigenvalue weighted by molar-refractivity contribution is 8.05. The molecule has 0 radical (unpaired) electrons. The predicted octanol–water partition coefficient (Wildman–Crippen LogP) is 0.255. The molecule has 0 amide bonds. The fraction of sp³-hybridized carbons (Fsp3) is 0.125. The van der Waals surface area contributed by atoms with Crippen LogP contribution in [0.25, 0.3) is 0 Å². The molecule has 2 rings (SSSR count). The van der Waals surface area contributed by atoms with Crippen LogP contribution < -0.4 is 4.89 Å². The Bertz CT molecular complexity index is 493. The third kappa shape index (κ3) is 1.33. The maximum Gasteiger partial charge on any atom is 0.279 e. The zero-order chi connectivity index (χ0) is 10.2. The van der Waals surface area contributed by atoms with Crippen LogP contribution >= 0.6 is 0 Å². The molecular weight excluding hydrogens is 204 g/mol. The van der Waals surface area contributed by atoms with Gasteiger partial charge < -0.3 is 5.21 Å². The number of sulfonamides is 1. The van der Waals surface area contributed by atoms with Crippen molar-refractivity contribution in [3.63, 3.8) is 0 Å². The molecule has 0 fully saturated rings. The summed E-state index contributed by atoms with van der Waals surface area (Å²) in [6, 6.07) is 7.01. The molecule has 0 aromatic heterocycles. The number of hydrogen-bond acceptors (Lipinski definition) is 4. The van der Waals surface area contributed by atoms with Crippen LogP contribution in [0.15, 0.2) is 29.3 Å². The number of rotatable bonds is 1. The van der Waals surface area contributed by atoms with Crippen molar-refractivity contribution in [2.45, 2.75) is 6.54 Å². The van der Waals surface area contributed by atoms with Gasteiger partial charge in [0.25, 0.3) is 10.0 Å². The number of fused-ring (bicyclic) bond motifs is 1. The van der Waals surface area contributed by atoms with E-state index in [1.807, 2.05) is 6.07 Å². The number of benzene rings is 1. The molecule has 1 aliphatic rings. The van der Waals surface area contributed by atoms with Gasteiger partial charge in [0.15, 0.2) is 5.04 Å². The summed E-state index contributed by atoms with van der Waals surface area (Å²) in [7, 11) is -3.86. The molecule has 0 bridgehead atoms. The van der Waals surface area contributed by atoms with E-state index in [2.05, 4.69) is 4.99 Å². The monoisotopic (exact) mass is 212 g/mol. The summed E-state index contributed by atoms with van der Waals surface area (Å²) in [6.07, 6.45) is 0. The molecule has 74 valence electrons. The second-order valence-electron chi connectivity index (χ2n) is 2.87. The van der Waals surface area contributed by atoms with E-state index in [1.165, 1.54) is 4.89 Å². The first-order chi connectivity index (χ1) is 6.65. The lowest BCUT2D eigenvalue weighted by Crippen LogP contribution is -2.27. The zero-order valence-corrected chi connectivity index (χ0v) is 7.95. The molecule has 1 heterocycles. The van der Waals surface area contributed by atoms with Crippen molar-refractivity contribution in [2.24, 2.45) is 4.99 Å². The Morgan fingerprint density at radius 3 is 2.79 bits per heavy atom. The normalized spacial score (nSPS) is 15.1. The molecule has 2 N–H and O–H groups in total. The van der Waals surface area contributed by atoms with Gasteiger partial charge in [0.1, 0.15) is 0 Å². The summed E-state index contributed by atoms with van der Waals surface area (Å²) in [5.41, 5.74) is 1.40. The zero-order valence-electron chi connectivity index (χ0n) is 7.14. The third-order valence-corrected chi connectivity index (χ3v) is 3.11. The van der Waals surface area contributed by atoms with E-state index in [4.69, 9.17) is 5.21 Å². The summed E-state index contributed by atoms with van der Waals surface area (Å²) in [5.74, 6) is 0. The van der Waals surface area contributed by atoms with Crippen LogP contribution in [0.4, 0.5) is 0 Å². The molecule has 0 saturated heterocycles. The molecule has 14 heavy (non-hydrogen) atoms. The Morgan fingerprint density at radius 1 is 1.36 bits per heavy atom. The molecule has 0 atom stereocenters. The van der Waals surface area contributed by atoms with Gasteiger partial charge in [-0.15, -0.1) is 0 Å². The summed E-state index contributed by atoms with van der Waals surface area (Å²) in [5, 5.41) is 8.36. The smallest absolute Gasteiger partial charge is 0.279 e. The quantitative estimate of drug-likeness (QED) is 0.655. The molecule has 1 aromatic carbocycles. The lowest BCUT2D eigenvalue weighted by Gasteiger charge is -2.02. The van der Waals surface area contributed by atoms with E-state index >= 15 is 0 Å². The van der Waals surface area contributed by atoms with Gasteiger partial charge in [0.05, 0.1) is 6.54 Å². The second-order valence-corrected chi connectivity index (χ2v) is 4.45. The van der Waals surface area contributed by atoms with E-state index < -0.39 is 10.0 Å². The molecule has 1 aliphatic heterocycles. The van der Waals surface area contributed by atoms with Crippen LogP contribution in [0.2, 0.25) is 0 Å². The summed E-state index contributed by atoms with van der Waals surface area (Å²) >= 11 is 0. The van der Waals surface area contributed by atoms with Crippen LogP contribution in [-0.2, 0) is 16.6 Å². The van der Waals surface area contributed by atoms with Gasteiger partial charge in [0.2, 0.25) is 0 Å². The first-order valence-electron chi connectivity index (χ1n) is 3.94. The Morgan fingerprint density at radius 2 is 2.07 bits per heavy atom. The van der Waals surface area contributed by atoms with Gasteiger partial charge in [-0.25, -0.2) is 8.42 Å². The average Bonchev–Trinajstić information content (AvgIpc) is 2.61. The number of aliphatic imine (C=N–C) groups is 1. The van der Waals surface area contributed by atoms with Gasteiger partial charge in [0, 0.05) is 5.56 Å². The molecule has 0 aliphatic carbocycles. The number of nitrogens with one attached hydrogen (secondary N) is 1. The van der Waals surface area contributed by atoms with Crippen LogP contribution in [0.3, 0.4) is 0 Å². The standard InChI is InChI=1S/C8H8N2O3S/c11-10-14(12,13)8-7-4-2-1-3-6(7)5-9-8/h1-4,10-11H,5H2. The lowest BCUT2D eigenvalue weighted by atomic mass is 10.1. The first-order valence-corrected chi connectivity index (χ1v) is 5.42. The minimum atomic E-state index is -3.86. The maximum atomic E-state index is 11.3. The van der Waals surface area contributed by atoms with Crippen LogP contribution in [0.1, 0.15) is 11.1 Å². The number of hydrogen-bond donors (Lipinski definition) is 2. The SMILES string of the molecule is O=S(=O)(NO)C1=NCc2ccccc21. The van der Waals surface area contributed by atoms with Gasteiger partial charge in [-0.1, -0.05) is 29.2 Å². The Balaban J connectivity index is 2.54. The molecule has 1 aromatic rings. The number of nitrogens with zero attached hydrogens (tertiary/aromatic N) is 1. The minimum absolute atomic E-state index is 0.101. The van der Waals surface area contributed by atoms with Crippen LogP contribution in [0.5, 0.6) is 0 Å². The van der Waals surface area contributed by atoms with Crippen molar-refractivity contribution >= 4 is 15.1 Å². The van der Waals surface area contributed by atoms with Crippen molar-refractivity contribution in [1.29, 1.82) is 0 Å². The average molecular weight is 212 g/mol. The lowest BCUT2D eigenvalue weighted by molar-refractivity contribution is 0.245. The van der Waals surface area contributed by atoms with E-state index in [9.17, 15) is 8.42 Å². The maximum absolute atomic E-state index is 11.3. The highest BCUT2D eigenvalue weighted by Gasteiger charge is 2.26. The summed E-state index contributed by atoms with van der Waals surface area (Å²) in [4.78, 5) is 5.12. The van der Waals surface area contributed by atoms with Crippen molar-refractivity contribution in [3.8, 4) is 0 Å². The molecule has 0 spiro atoms. The fourth-order valence-corrected chi connectivity index (χ4v) is 2.19. The molecule has 5 nitrogen and oxygen atoms in total. The molecule has 0 saturated carbocycles.